The van der Waals surface area contributed by atoms with Crippen molar-refractivity contribution in [2.24, 2.45) is 5.92 Å². The van der Waals surface area contributed by atoms with E-state index in [4.69, 9.17) is 0 Å². The zero-order chi connectivity index (χ0) is 25.8. The monoisotopic (exact) mass is 496 g/mol. The van der Waals surface area contributed by atoms with Crippen molar-refractivity contribution in [1.82, 2.24) is 39.3 Å². The van der Waals surface area contributed by atoms with E-state index in [1.54, 1.807) is 10.8 Å². The quantitative estimate of drug-likeness (QED) is 0.301. The molecule has 4 heterocycles. The third-order valence-corrected chi connectivity index (χ3v) is 6.50. The van der Waals surface area contributed by atoms with Crippen LogP contribution < -0.4 is 5.69 Å². The number of benzene rings is 1. The molecular formula is C28H32N8O. The molecule has 0 aliphatic heterocycles. The lowest BCUT2D eigenvalue weighted by Gasteiger charge is -2.14. The molecule has 0 bridgehead atoms. The molecule has 0 spiro atoms. The number of nitrogens with zero attached hydrogens (tertiary/aromatic N) is 7. The van der Waals surface area contributed by atoms with Gasteiger partial charge in [0.2, 0.25) is 5.82 Å². The number of hydrogen-bond donors (Lipinski definition) is 1. The van der Waals surface area contributed by atoms with Crippen molar-refractivity contribution in [2.75, 3.05) is 0 Å². The number of unbranched alkanes of at least 4 members (excludes halogenated alkanes) is 1. The first-order valence-electron chi connectivity index (χ1n) is 12.8. The van der Waals surface area contributed by atoms with Gasteiger partial charge in [0.25, 0.3) is 0 Å². The molecule has 0 saturated carbocycles. The Hall–Kier alpha value is -4.27. The average molecular weight is 497 g/mol. The zero-order valence-corrected chi connectivity index (χ0v) is 21.5. The van der Waals surface area contributed by atoms with Crippen molar-refractivity contribution < 1.29 is 0 Å². The highest BCUT2D eigenvalue weighted by Gasteiger charge is 2.19. The number of imidazole rings is 1. The molecule has 37 heavy (non-hydrogen) atoms. The summed E-state index contributed by atoms with van der Waals surface area (Å²) in [5, 5.41) is 14.6. The van der Waals surface area contributed by atoms with Crippen LogP contribution in [0.15, 0.2) is 72.0 Å². The summed E-state index contributed by atoms with van der Waals surface area (Å²) in [4.78, 5) is 18.3. The molecule has 0 atom stereocenters. The molecule has 4 aromatic heterocycles. The van der Waals surface area contributed by atoms with Gasteiger partial charge in [-0.2, -0.15) is 5.21 Å². The van der Waals surface area contributed by atoms with E-state index >= 15 is 0 Å². The van der Waals surface area contributed by atoms with Crippen LogP contribution in [-0.4, -0.2) is 39.3 Å². The molecule has 190 valence electrons. The Morgan fingerprint density at radius 3 is 2.62 bits per heavy atom. The third-order valence-electron chi connectivity index (χ3n) is 6.50. The fourth-order valence-electron chi connectivity index (χ4n) is 4.76. The van der Waals surface area contributed by atoms with Crippen molar-refractivity contribution in [2.45, 2.75) is 53.1 Å². The second-order valence-corrected chi connectivity index (χ2v) is 9.69. The van der Waals surface area contributed by atoms with Crippen molar-refractivity contribution in [3.05, 3.63) is 89.0 Å². The topological polar surface area (TPSA) is 99.2 Å². The SMILES string of the molecule is CCCCc1cn(-c2cccn2CC(C)C)c(=O)n1Cc1cnccc1-c1ccccc1-c1nn[nH]n1. The summed E-state index contributed by atoms with van der Waals surface area (Å²) in [5.41, 5.74) is 4.75. The molecule has 0 radical (unpaired) electrons. The number of H-pyrrole nitrogens is 1. The van der Waals surface area contributed by atoms with E-state index in [0.717, 1.165) is 59.6 Å². The van der Waals surface area contributed by atoms with E-state index in [2.05, 4.69) is 50.9 Å². The van der Waals surface area contributed by atoms with Crippen molar-refractivity contribution >= 4 is 0 Å². The molecule has 0 saturated heterocycles. The lowest BCUT2D eigenvalue weighted by Crippen LogP contribution is -2.26. The van der Waals surface area contributed by atoms with Crippen molar-refractivity contribution in [3.63, 3.8) is 0 Å². The van der Waals surface area contributed by atoms with Gasteiger partial charge >= 0.3 is 5.69 Å². The van der Waals surface area contributed by atoms with Crippen LogP contribution in [0.5, 0.6) is 0 Å². The van der Waals surface area contributed by atoms with E-state index in [1.165, 1.54) is 0 Å². The molecule has 0 fully saturated rings. The van der Waals surface area contributed by atoms with E-state index < -0.39 is 0 Å². The first-order chi connectivity index (χ1) is 18.1. The van der Waals surface area contributed by atoms with Crippen LogP contribution >= 0.6 is 0 Å². The van der Waals surface area contributed by atoms with Crippen LogP contribution in [0.1, 0.15) is 44.9 Å². The van der Waals surface area contributed by atoms with E-state index in [1.807, 2.05) is 65.6 Å². The molecular weight excluding hydrogens is 464 g/mol. The van der Waals surface area contributed by atoms with E-state index in [-0.39, 0.29) is 5.69 Å². The van der Waals surface area contributed by atoms with Gasteiger partial charge in [-0.1, -0.05) is 51.5 Å². The van der Waals surface area contributed by atoms with E-state index in [0.29, 0.717) is 18.3 Å². The fourth-order valence-corrected chi connectivity index (χ4v) is 4.76. The van der Waals surface area contributed by atoms with Crippen LogP contribution in [0.3, 0.4) is 0 Å². The molecule has 5 aromatic rings. The summed E-state index contributed by atoms with van der Waals surface area (Å²) in [5.74, 6) is 1.89. The summed E-state index contributed by atoms with van der Waals surface area (Å²) in [6, 6.07) is 13.9. The molecule has 9 heteroatoms. The Labute approximate surface area is 215 Å². The maximum Gasteiger partial charge on any atom is 0.334 e. The maximum absolute atomic E-state index is 13.9. The molecule has 5 rings (SSSR count). The van der Waals surface area contributed by atoms with Gasteiger partial charge in [-0.05, 0) is 58.9 Å². The Balaban J connectivity index is 1.59. The predicted octanol–water partition coefficient (Wildman–Crippen LogP) is 4.73. The normalized spacial score (nSPS) is 11.5. The molecule has 0 aliphatic carbocycles. The number of aromatic nitrogens is 8. The van der Waals surface area contributed by atoms with Crippen molar-refractivity contribution in [3.8, 4) is 28.3 Å². The van der Waals surface area contributed by atoms with Gasteiger partial charge < -0.3 is 4.57 Å². The van der Waals surface area contributed by atoms with Crippen LogP contribution in [0.4, 0.5) is 0 Å². The minimum Gasteiger partial charge on any atom is -0.334 e. The lowest BCUT2D eigenvalue weighted by molar-refractivity contribution is 0.516. The number of aryl methyl sites for hydroxylation is 1. The Morgan fingerprint density at radius 2 is 1.86 bits per heavy atom. The third kappa shape index (κ3) is 5.02. The molecule has 0 aliphatic rings. The number of pyridine rings is 1. The lowest BCUT2D eigenvalue weighted by atomic mass is 9.96. The van der Waals surface area contributed by atoms with Crippen LogP contribution in [-0.2, 0) is 19.5 Å². The standard InChI is InChI=1S/C28H32N8O/c1-4-5-9-22-19-36(26-12-8-15-34(26)17-20(2)3)28(37)35(22)18-21-16-29-14-13-23(21)24-10-6-7-11-25(24)27-30-32-33-31-27/h6-8,10-16,19-20H,4-5,9,17-18H2,1-3H3,(H,30,31,32,33). The first-order valence-corrected chi connectivity index (χ1v) is 12.8. The Morgan fingerprint density at radius 1 is 1.03 bits per heavy atom. The number of rotatable bonds is 10. The minimum absolute atomic E-state index is 0.0453. The second-order valence-electron chi connectivity index (χ2n) is 9.69. The van der Waals surface area contributed by atoms with Gasteiger partial charge in [0.05, 0.1) is 6.54 Å². The Bertz CT molecular complexity index is 1520. The van der Waals surface area contributed by atoms with Crippen LogP contribution in [0.2, 0.25) is 0 Å². The average Bonchev–Trinajstić information content (AvgIpc) is 3.65. The number of nitrogens with one attached hydrogen (secondary N) is 1. The maximum atomic E-state index is 13.9. The van der Waals surface area contributed by atoms with Gasteiger partial charge in [-0.25, -0.2) is 4.79 Å². The van der Waals surface area contributed by atoms with Crippen LogP contribution in [0.25, 0.3) is 28.3 Å². The zero-order valence-electron chi connectivity index (χ0n) is 21.5. The summed E-state index contributed by atoms with van der Waals surface area (Å²) in [6.07, 6.45) is 10.6. The minimum atomic E-state index is -0.0453. The summed E-state index contributed by atoms with van der Waals surface area (Å²) in [7, 11) is 0. The largest absolute Gasteiger partial charge is 0.334 e. The van der Waals surface area contributed by atoms with Crippen molar-refractivity contribution in [1.29, 1.82) is 0 Å². The molecule has 0 amide bonds. The van der Waals surface area contributed by atoms with Gasteiger partial charge in [0.15, 0.2) is 0 Å². The molecule has 9 nitrogen and oxygen atoms in total. The Kier molecular flexibility index (Phi) is 7.11. The molecule has 1 N–H and O–H groups in total. The highest BCUT2D eigenvalue weighted by molar-refractivity contribution is 5.81. The van der Waals surface area contributed by atoms with Gasteiger partial charge in [0, 0.05) is 42.6 Å². The second kappa shape index (κ2) is 10.8. The summed E-state index contributed by atoms with van der Waals surface area (Å²) in [6.45, 7) is 7.80. The number of tetrazole rings is 1. The van der Waals surface area contributed by atoms with Gasteiger partial charge in [-0.15, -0.1) is 10.2 Å². The first kappa shape index (κ1) is 24.4. The predicted molar refractivity (Wildman–Crippen MR) is 143 cm³/mol. The van der Waals surface area contributed by atoms with Gasteiger partial charge in [0.1, 0.15) is 5.82 Å². The highest BCUT2D eigenvalue weighted by atomic mass is 16.1. The van der Waals surface area contributed by atoms with Gasteiger partial charge in [-0.3, -0.25) is 14.1 Å². The van der Waals surface area contributed by atoms with Crippen LogP contribution in [0, 0.1) is 5.92 Å². The summed E-state index contributed by atoms with van der Waals surface area (Å²) < 4.78 is 5.83. The molecule has 0 unspecified atom stereocenters. The van der Waals surface area contributed by atoms with E-state index in [9.17, 15) is 4.79 Å². The highest BCUT2D eigenvalue weighted by Crippen LogP contribution is 2.32. The molecule has 1 aromatic carbocycles. The number of hydrogen-bond acceptors (Lipinski definition) is 5. The fraction of sp³-hybridized carbons (Fsp3) is 0.321. The number of aromatic amines is 1. The smallest absolute Gasteiger partial charge is 0.334 e. The summed E-state index contributed by atoms with van der Waals surface area (Å²) >= 11 is 0.